The lowest BCUT2D eigenvalue weighted by molar-refractivity contribution is -0.128. The third kappa shape index (κ3) is 6.52. The number of nitrogens with one attached hydrogen (secondary N) is 1. The number of fused-ring (bicyclic) bond motifs is 1. The largest absolute Gasteiger partial charge is 0.494 e. The second-order valence-electron chi connectivity index (χ2n) is 9.76. The maximum absolute atomic E-state index is 13.0. The fourth-order valence-electron chi connectivity index (χ4n) is 4.28. The summed E-state index contributed by atoms with van der Waals surface area (Å²) in [4.78, 5) is 24.3. The summed E-state index contributed by atoms with van der Waals surface area (Å²) in [6.07, 6.45) is 0. The van der Waals surface area contributed by atoms with Crippen LogP contribution in [0.15, 0.2) is 83.9 Å². The average Bonchev–Trinajstić information content (AvgIpc) is 3.29. The Hall–Kier alpha value is -4.15. The van der Waals surface area contributed by atoms with Crippen LogP contribution in [0.25, 0.3) is 10.9 Å². The van der Waals surface area contributed by atoms with Crippen LogP contribution in [0.5, 0.6) is 5.88 Å². The Morgan fingerprint density at radius 1 is 0.900 bits per heavy atom. The molecular weight excluding hydrogens is 526 g/mol. The van der Waals surface area contributed by atoms with Crippen molar-refractivity contribution < 1.29 is 18.3 Å². The van der Waals surface area contributed by atoms with Crippen molar-refractivity contribution in [2.45, 2.75) is 6.92 Å². The summed E-state index contributed by atoms with van der Waals surface area (Å²) in [6.45, 7) is 2.43. The summed E-state index contributed by atoms with van der Waals surface area (Å²) in [5, 5.41) is 11.7. The first-order chi connectivity index (χ1) is 19.1. The smallest absolute Gasteiger partial charge is 0.243 e. The van der Waals surface area contributed by atoms with E-state index < -0.39 is 10.0 Å². The normalized spacial score (nSPS) is 12.2. The number of rotatable bonds is 11. The summed E-state index contributed by atoms with van der Waals surface area (Å²) in [5.41, 5.74) is 3.69. The Morgan fingerprint density at radius 3 is 2.20 bits per heavy atom. The fraction of sp³-hybridized carbons (Fsp3) is 0.267. The number of hydrogen-bond donors (Lipinski definition) is 2. The molecule has 0 saturated heterocycles. The second-order valence-corrected chi connectivity index (χ2v) is 11.9. The van der Waals surface area contributed by atoms with Gasteiger partial charge in [-0.2, -0.15) is 0 Å². The number of sulfonamides is 1. The molecule has 10 heteroatoms. The highest BCUT2D eigenvalue weighted by molar-refractivity contribution is 7.92. The summed E-state index contributed by atoms with van der Waals surface area (Å²) in [7, 11) is 1.79. The molecule has 0 fully saturated rings. The van der Waals surface area contributed by atoms with Gasteiger partial charge in [0.1, 0.15) is 6.54 Å². The summed E-state index contributed by atoms with van der Waals surface area (Å²) in [5.74, 6) is -0.417. The fourth-order valence-corrected chi connectivity index (χ4v) is 5.34. The average molecular weight is 562 g/mol. The van der Waals surface area contributed by atoms with Crippen LogP contribution in [0.2, 0.25) is 0 Å². The van der Waals surface area contributed by atoms with E-state index in [4.69, 9.17) is 4.99 Å². The number of nitrogens with zero attached hydrogens (tertiary/aromatic N) is 4. The van der Waals surface area contributed by atoms with E-state index in [2.05, 4.69) is 4.98 Å². The van der Waals surface area contributed by atoms with Crippen LogP contribution in [0.1, 0.15) is 18.1 Å². The Kier molecular flexibility index (Phi) is 8.91. The highest BCUT2D eigenvalue weighted by Crippen LogP contribution is 2.32. The molecule has 2 N–H and O–H groups in total. The zero-order chi connectivity index (χ0) is 28.9. The third-order valence-corrected chi connectivity index (χ3v) is 8.38. The monoisotopic (exact) mass is 561 g/mol. The summed E-state index contributed by atoms with van der Waals surface area (Å²) < 4.78 is 27.1. The lowest BCUT2D eigenvalue weighted by Crippen LogP contribution is -2.43. The number of amides is 1. The van der Waals surface area contributed by atoms with Crippen molar-refractivity contribution in [3.63, 3.8) is 0 Å². The Labute approximate surface area is 235 Å². The molecular formula is C30H35N5O4S. The van der Waals surface area contributed by atoms with Gasteiger partial charge in [-0.25, -0.2) is 13.4 Å². The molecule has 1 aromatic heterocycles. The second kappa shape index (κ2) is 12.4. The van der Waals surface area contributed by atoms with Crippen LogP contribution >= 0.6 is 0 Å². The molecule has 4 rings (SSSR count). The van der Waals surface area contributed by atoms with E-state index >= 15 is 0 Å². The molecule has 0 radical (unpaired) electrons. The maximum atomic E-state index is 13.0. The van der Waals surface area contributed by atoms with Crippen molar-refractivity contribution in [1.29, 1.82) is 0 Å². The predicted octanol–water partition coefficient (Wildman–Crippen LogP) is 4.22. The number of hydrogen-bond acceptors (Lipinski definition) is 6. The van der Waals surface area contributed by atoms with Crippen molar-refractivity contribution in [3.05, 3.63) is 90.0 Å². The van der Waals surface area contributed by atoms with Gasteiger partial charge < -0.3 is 19.9 Å². The number of H-pyrrole nitrogens is 1. The SMILES string of the molecule is CCS(=O)(=O)N(CC(=O)N(C)CCN(C)C)c1ccc(N=C(c2ccccc2)c2c(O)[nH]c3ccccc23)cc1. The van der Waals surface area contributed by atoms with Crippen LogP contribution in [0.3, 0.4) is 0 Å². The van der Waals surface area contributed by atoms with Gasteiger partial charge in [0.2, 0.25) is 15.9 Å². The van der Waals surface area contributed by atoms with Gasteiger partial charge in [-0.05, 0) is 51.4 Å². The van der Waals surface area contributed by atoms with Gasteiger partial charge in [0, 0.05) is 36.6 Å². The van der Waals surface area contributed by atoms with E-state index in [1.165, 1.54) is 4.90 Å². The summed E-state index contributed by atoms with van der Waals surface area (Å²) in [6, 6.07) is 23.9. The van der Waals surface area contributed by atoms with Crippen molar-refractivity contribution in [2.75, 3.05) is 50.8 Å². The van der Waals surface area contributed by atoms with E-state index in [-0.39, 0.29) is 24.1 Å². The number of aliphatic imine (C=N–C) groups is 1. The van der Waals surface area contributed by atoms with E-state index in [9.17, 15) is 18.3 Å². The lowest BCUT2D eigenvalue weighted by atomic mass is 10.0. The van der Waals surface area contributed by atoms with E-state index in [0.29, 0.717) is 35.7 Å². The minimum atomic E-state index is -3.72. The minimum Gasteiger partial charge on any atom is -0.494 e. The Bertz CT molecular complexity index is 1600. The van der Waals surface area contributed by atoms with Crippen LogP contribution in [0.4, 0.5) is 11.4 Å². The zero-order valence-electron chi connectivity index (χ0n) is 23.2. The van der Waals surface area contributed by atoms with E-state index in [0.717, 1.165) is 20.8 Å². The highest BCUT2D eigenvalue weighted by atomic mass is 32.2. The molecule has 4 aromatic rings. The first-order valence-corrected chi connectivity index (χ1v) is 14.6. The number of benzene rings is 3. The molecule has 0 spiro atoms. The van der Waals surface area contributed by atoms with Crippen molar-refractivity contribution in [1.82, 2.24) is 14.8 Å². The van der Waals surface area contributed by atoms with Crippen LogP contribution in [-0.2, 0) is 14.8 Å². The first-order valence-electron chi connectivity index (χ1n) is 13.0. The third-order valence-electron chi connectivity index (χ3n) is 6.64. The van der Waals surface area contributed by atoms with Crippen LogP contribution < -0.4 is 4.31 Å². The van der Waals surface area contributed by atoms with Gasteiger partial charge in [-0.15, -0.1) is 0 Å². The molecule has 1 heterocycles. The number of carbonyl (C=O) groups excluding carboxylic acids is 1. The van der Waals surface area contributed by atoms with E-state index in [1.807, 2.05) is 73.6 Å². The number of carbonyl (C=O) groups is 1. The molecule has 3 aromatic carbocycles. The number of likely N-dealkylation sites (N-methyl/N-ethyl adjacent to an activating group) is 2. The van der Waals surface area contributed by atoms with Crippen LogP contribution in [0, 0.1) is 0 Å². The van der Waals surface area contributed by atoms with Crippen molar-refractivity contribution in [2.24, 2.45) is 4.99 Å². The number of aromatic hydroxyl groups is 1. The van der Waals surface area contributed by atoms with Gasteiger partial charge >= 0.3 is 0 Å². The zero-order valence-corrected chi connectivity index (χ0v) is 24.0. The Balaban J connectivity index is 1.70. The van der Waals surface area contributed by atoms with Gasteiger partial charge in [-0.3, -0.25) is 9.10 Å². The molecule has 210 valence electrons. The predicted molar refractivity (Wildman–Crippen MR) is 161 cm³/mol. The van der Waals surface area contributed by atoms with Gasteiger partial charge in [0.25, 0.3) is 0 Å². The molecule has 0 atom stereocenters. The number of aromatic amines is 1. The molecule has 1 amide bonds. The Morgan fingerprint density at radius 2 is 1.55 bits per heavy atom. The first kappa shape index (κ1) is 28.8. The summed E-state index contributed by atoms with van der Waals surface area (Å²) >= 11 is 0. The maximum Gasteiger partial charge on any atom is 0.243 e. The molecule has 0 aliphatic rings. The topological polar surface area (TPSA) is 109 Å². The number of aromatic nitrogens is 1. The van der Waals surface area contributed by atoms with Gasteiger partial charge in [-0.1, -0.05) is 48.5 Å². The number of anilines is 1. The van der Waals surface area contributed by atoms with Gasteiger partial charge in [0.15, 0.2) is 5.88 Å². The molecule has 9 nitrogen and oxygen atoms in total. The molecule has 40 heavy (non-hydrogen) atoms. The molecule has 0 saturated carbocycles. The van der Waals surface area contributed by atoms with Crippen molar-refractivity contribution >= 4 is 43.9 Å². The number of para-hydroxylation sites is 1. The molecule has 0 bridgehead atoms. The van der Waals surface area contributed by atoms with Gasteiger partial charge in [0.05, 0.1) is 28.4 Å². The molecule has 0 aliphatic carbocycles. The van der Waals surface area contributed by atoms with E-state index in [1.54, 1.807) is 38.2 Å². The molecule has 0 aliphatic heterocycles. The lowest BCUT2D eigenvalue weighted by Gasteiger charge is -2.26. The van der Waals surface area contributed by atoms with Crippen LogP contribution in [-0.4, -0.2) is 86.5 Å². The molecule has 0 unspecified atom stereocenters. The van der Waals surface area contributed by atoms with Crippen molar-refractivity contribution in [3.8, 4) is 5.88 Å². The standard InChI is InChI=1S/C30H35N5O4S/c1-5-40(38,39)35(21-27(36)34(4)20-19-33(2)3)24-17-15-23(16-18-24)31-29(22-11-7-6-8-12-22)28-25-13-9-10-14-26(25)32-30(28)37/h6-18,32,37H,5,19-21H2,1-4H3. The minimum absolute atomic E-state index is 0.0116. The quantitative estimate of drug-likeness (QED) is 0.267. The highest BCUT2D eigenvalue weighted by Gasteiger charge is 2.25.